The fourth-order valence-corrected chi connectivity index (χ4v) is 1.31. The van der Waals surface area contributed by atoms with Crippen molar-refractivity contribution >= 4 is 0 Å². The Morgan fingerprint density at radius 2 is 1.90 bits per heavy atom. The van der Waals surface area contributed by atoms with Crippen LogP contribution in [-0.4, -0.2) is 13.6 Å². The Kier molecular flexibility index (Phi) is 7.04. The topological polar surface area (TPSA) is 12.0 Å². The molecular weight excluding hydrogens is 122 g/mol. The molecule has 0 aliphatic carbocycles. The SMILES string of the molecule is CCC[C@@H](CC)CCNC. The van der Waals surface area contributed by atoms with E-state index in [2.05, 4.69) is 19.2 Å². The van der Waals surface area contributed by atoms with Gasteiger partial charge in [0, 0.05) is 0 Å². The first-order valence-corrected chi connectivity index (χ1v) is 4.49. The van der Waals surface area contributed by atoms with E-state index in [1.807, 2.05) is 7.05 Å². The van der Waals surface area contributed by atoms with Gasteiger partial charge in [0.1, 0.15) is 0 Å². The van der Waals surface area contributed by atoms with Crippen LogP contribution in [0, 0.1) is 5.92 Å². The molecule has 0 bridgehead atoms. The summed E-state index contributed by atoms with van der Waals surface area (Å²) in [6.45, 7) is 5.73. The highest BCUT2D eigenvalue weighted by Gasteiger charge is 2.02. The predicted octanol–water partition coefficient (Wildman–Crippen LogP) is 2.42. The second-order valence-electron chi connectivity index (χ2n) is 2.96. The van der Waals surface area contributed by atoms with E-state index >= 15 is 0 Å². The van der Waals surface area contributed by atoms with E-state index in [9.17, 15) is 0 Å². The van der Waals surface area contributed by atoms with Crippen molar-refractivity contribution in [1.82, 2.24) is 5.32 Å². The smallest absolute Gasteiger partial charge is 0.00493 e. The lowest BCUT2D eigenvalue weighted by molar-refractivity contribution is 0.426. The monoisotopic (exact) mass is 143 g/mol. The van der Waals surface area contributed by atoms with Gasteiger partial charge in [0.2, 0.25) is 0 Å². The van der Waals surface area contributed by atoms with Gasteiger partial charge in [-0.1, -0.05) is 33.1 Å². The Morgan fingerprint density at radius 1 is 1.20 bits per heavy atom. The van der Waals surface area contributed by atoms with Crippen molar-refractivity contribution in [3.8, 4) is 0 Å². The van der Waals surface area contributed by atoms with Gasteiger partial charge in [0.25, 0.3) is 0 Å². The summed E-state index contributed by atoms with van der Waals surface area (Å²) in [4.78, 5) is 0. The molecule has 1 N–H and O–H groups in total. The Morgan fingerprint density at radius 3 is 2.30 bits per heavy atom. The minimum absolute atomic E-state index is 0.956. The number of hydrogen-bond acceptors (Lipinski definition) is 1. The van der Waals surface area contributed by atoms with Crippen LogP contribution in [0.5, 0.6) is 0 Å². The quantitative estimate of drug-likeness (QED) is 0.602. The first kappa shape index (κ1) is 9.96. The first-order valence-electron chi connectivity index (χ1n) is 4.49. The standard InChI is InChI=1S/C9H21N/c1-4-6-9(5-2)7-8-10-3/h9-10H,4-8H2,1-3H3/t9-/m1/s1. The molecule has 0 aliphatic heterocycles. The molecule has 0 aromatic carbocycles. The van der Waals surface area contributed by atoms with E-state index in [4.69, 9.17) is 0 Å². The maximum Gasteiger partial charge on any atom is -0.00493 e. The molecule has 0 aliphatic rings. The van der Waals surface area contributed by atoms with E-state index in [0.717, 1.165) is 5.92 Å². The van der Waals surface area contributed by atoms with Gasteiger partial charge >= 0.3 is 0 Å². The highest BCUT2D eigenvalue weighted by atomic mass is 14.8. The Hall–Kier alpha value is -0.0400. The van der Waals surface area contributed by atoms with Crippen LogP contribution in [0.4, 0.5) is 0 Å². The summed E-state index contributed by atoms with van der Waals surface area (Å²) in [6.07, 6.45) is 5.43. The normalized spacial score (nSPS) is 13.5. The van der Waals surface area contributed by atoms with Gasteiger partial charge in [-0.05, 0) is 25.9 Å². The lowest BCUT2D eigenvalue weighted by Gasteiger charge is -2.12. The highest BCUT2D eigenvalue weighted by molar-refractivity contribution is 4.57. The van der Waals surface area contributed by atoms with E-state index in [-0.39, 0.29) is 0 Å². The van der Waals surface area contributed by atoms with Crippen molar-refractivity contribution in [3.05, 3.63) is 0 Å². The van der Waals surface area contributed by atoms with E-state index in [0.29, 0.717) is 0 Å². The average Bonchev–Trinajstić information content (AvgIpc) is 1.98. The Labute approximate surface area is 65.2 Å². The van der Waals surface area contributed by atoms with Gasteiger partial charge in [-0.3, -0.25) is 0 Å². The summed E-state index contributed by atoms with van der Waals surface area (Å²) in [5.74, 6) is 0.956. The molecule has 0 heterocycles. The molecule has 0 saturated heterocycles. The summed E-state index contributed by atoms with van der Waals surface area (Å²) in [5, 5.41) is 3.19. The largest absolute Gasteiger partial charge is 0.320 e. The van der Waals surface area contributed by atoms with E-state index in [1.165, 1.54) is 32.2 Å². The maximum absolute atomic E-state index is 3.19. The third-order valence-electron chi connectivity index (χ3n) is 2.08. The minimum Gasteiger partial charge on any atom is -0.320 e. The molecule has 0 amide bonds. The first-order chi connectivity index (χ1) is 4.85. The van der Waals surface area contributed by atoms with Gasteiger partial charge in [-0.2, -0.15) is 0 Å². The lowest BCUT2D eigenvalue weighted by Crippen LogP contribution is -2.12. The van der Waals surface area contributed by atoms with E-state index in [1.54, 1.807) is 0 Å². The molecule has 0 rings (SSSR count). The highest BCUT2D eigenvalue weighted by Crippen LogP contribution is 2.13. The number of hydrogen-bond donors (Lipinski definition) is 1. The van der Waals surface area contributed by atoms with Crippen LogP contribution in [-0.2, 0) is 0 Å². The fraction of sp³-hybridized carbons (Fsp3) is 1.00. The zero-order valence-corrected chi connectivity index (χ0v) is 7.61. The van der Waals surface area contributed by atoms with Crippen molar-refractivity contribution in [2.24, 2.45) is 5.92 Å². The molecule has 0 unspecified atom stereocenters. The number of rotatable bonds is 6. The van der Waals surface area contributed by atoms with Crippen molar-refractivity contribution in [2.75, 3.05) is 13.6 Å². The van der Waals surface area contributed by atoms with Crippen LogP contribution in [0.1, 0.15) is 39.5 Å². The Bertz CT molecular complexity index is 61.7. The maximum atomic E-state index is 3.19. The van der Waals surface area contributed by atoms with Gasteiger partial charge in [-0.25, -0.2) is 0 Å². The van der Waals surface area contributed by atoms with Gasteiger partial charge in [-0.15, -0.1) is 0 Å². The average molecular weight is 143 g/mol. The molecule has 0 saturated carbocycles. The fourth-order valence-electron chi connectivity index (χ4n) is 1.31. The molecule has 0 aromatic rings. The summed E-state index contributed by atoms with van der Waals surface area (Å²) in [7, 11) is 2.03. The molecule has 10 heavy (non-hydrogen) atoms. The predicted molar refractivity (Wildman–Crippen MR) is 47.2 cm³/mol. The molecule has 62 valence electrons. The van der Waals surface area contributed by atoms with Crippen molar-refractivity contribution in [2.45, 2.75) is 39.5 Å². The minimum atomic E-state index is 0.956. The van der Waals surface area contributed by atoms with Crippen LogP contribution >= 0.6 is 0 Å². The molecular formula is C9H21N. The third-order valence-corrected chi connectivity index (χ3v) is 2.08. The molecule has 0 radical (unpaired) electrons. The summed E-state index contributed by atoms with van der Waals surface area (Å²) < 4.78 is 0. The second kappa shape index (κ2) is 7.07. The molecule has 1 atom stereocenters. The van der Waals surface area contributed by atoms with Crippen LogP contribution in [0.2, 0.25) is 0 Å². The van der Waals surface area contributed by atoms with Crippen LogP contribution in [0.3, 0.4) is 0 Å². The van der Waals surface area contributed by atoms with Crippen molar-refractivity contribution in [1.29, 1.82) is 0 Å². The van der Waals surface area contributed by atoms with Crippen molar-refractivity contribution < 1.29 is 0 Å². The van der Waals surface area contributed by atoms with Gasteiger partial charge in [0.05, 0.1) is 0 Å². The number of nitrogens with one attached hydrogen (secondary N) is 1. The second-order valence-corrected chi connectivity index (χ2v) is 2.96. The third kappa shape index (κ3) is 4.80. The van der Waals surface area contributed by atoms with Crippen LogP contribution in [0.15, 0.2) is 0 Å². The lowest BCUT2D eigenvalue weighted by atomic mass is 9.97. The zero-order chi connectivity index (χ0) is 7.82. The molecule has 1 heteroatoms. The zero-order valence-electron chi connectivity index (χ0n) is 7.61. The Balaban J connectivity index is 3.21. The van der Waals surface area contributed by atoms with E-state index < -0.39 is 0 Å². The summed E-state index contributed by atoms with van der Waals surface area (Å²) in [5.41, 5.74) is 0. The van der Waals surface area contributed by atoms with Gasteiger partial charge in [0.15, 0.2) is 0 Å². The molecule has 1 nitrogen and oxygen atoms in total. The van der Waals surface area contributed by atoms with Crippen LogP contribution in [0.25, 0.3) is 0 Å². The molecule has 0 spiro atoms. The van der Waals surface area contributed by atoms with Gasteiger partial charge < -0.3 is 5.32 Å². The summed E-state index contributed by atoms with van der Waals surface area (Å²) >= 11 is 0. The van der Waals surface area contributed by atoms with Crippen molar-refractivity contribution in [3.63, 3.8) is 0 Å². The molecule has 0 aromatic heterocycles. The molecule has 0 fully saturated rings. The summed E-state index contributed by atoms with van der Waals surface area (Å²) in [6, 6.07) is 0. The van der Waals surface area contributed by atoms with Crippen LogP contribution < -0.4 is 5.32 Å².